The van der Waals surface area contributed by atoms with Gasteiger partial charge in [0.05, 0.1) is 6.61 Å². The largest absolute Gasteiger partial charge is 0.465 e. The molecular weight excluding hydrogens is 397 g/mol. The minimum Gasteiger partial charge on any atom is -0.465 e. The van der Waals surface area contributed by atoms with Crippen molar-refractivity contribution < 1.29 is 23.5 Å². The molecule has 158 valence electrons. The van der Waals surface area contributed by atoms with Crippen molar-refractivity contribution in [3.8, 4) is 0 Å². The number of nitrogens with zero attached hydrogens (tertiary/aromatic N) is 1. The van der Waals surface area contributed by atoms with Crippen LogP contribution in [0, 0.1) is 5.82 Å². The molecule has 6 heteroatoms. The number of carbonyl (C=O) groups excluding carboxylic acids is 2. The second-order valence-electron chi connectivity index (χ2n) is 7.19. The third-order valence-corrected chi connectivity index (χ3v) is 5.39. The van der Waals surface area contributed by atoms with Crippen molar-refractivity contribution in [2.24, 2.45) is 0 Å². The summed E-state index contributed by atoms with van der Waals surface area (Å²) in [4.78, 5) is 26.7. The van der Waals surface area contributed by atoms with Gasteiger partial charge in [0, 0.05) is 16.7 Å². The molecule has 4 rings (SSSR count). The smallest absolute Gasteiger partial charge is 0.412 e. The molecule has 0 saturated carbocycles. The molecule has 3 aromatic carbocycles. The van der Waals surface area contributed by atoms with E-state index in [0.29, 0.717) is 11.1 Å². The van der Waals surface area contributed by atoms with Crippen molar-refractivity contribution in [1.82, 2.24) is 4.90 Å². The number of hydrogen-bond donors (Lipinski definition) is 0. The fourth-order valence-electron chi connectivity index (χ4n) is 4.13. The number of esters is 1. The molecule has 1 unspecified atom stereocenters. The molecule has 31 heavy (non-hydrogen) atoms. The summed E-state index contributed by atoms with van der Waals surface area (Å²) in [6.07, 6.45) is -0.714. The Balaban J connectivity index is 1.97. The van der Waals surface area contributed by atoms with Gasteiger partial charge >= 0.3 is 12.1 Å². The standard InChI is InChI=1S/C25H22FNO4/c1-2-30-22(28)17-27-23(20-15-9-10-16-21(20)26)25(31-24(27)29,18-11-5-3-6-12-18)19-13-7-4-8-14-19/h3-16,23H,2,17H2,1H3. The minimum absolute atomic E-state index is 0.175. The van der Waals surface area contributed by atoms with Crippen molar-refractivity contribution in [3.05, 3.63) is 107 Å². The third kappa shape index (κ3) is 3.65. The number of rotatable bonds is 6. The zero-order valence-corrected chi connectivity index (χ0v) is 17.0. The van der Waals surface area contributed by atoms with E-state index in [9.17, 15) is 9.59 Å². The molecule has 5 nitrogen and oxygen atoms in total. The molecule has 0 bridgehead atoms. The van der Waals surface area contributed by atoms with Crippen LogP contribution in [0.15, 0.2) is 84.9 Å². The highest BCUT2D eigenvalue weighted by Gasteiger charge is 2.58. The molecule has 1 amide bonds. The number of hydrogen-bond acceptors (Lipinski definition) is 4. The second kappa shape index (κ2) is 8.60. The fourth-order valence-corrected chi connectivity index (χ4v) is 4.13. The summed E-state index contributed by atoms with van der Waals surface area (Å²) in [7, 11) is 0. The normalized spacial score (nSPS) is 17.3. The van der Waals surface area contributed by atoms with Crippen LogP contribution in [0.1, 0.15) is 29.7 Å². The van der Waals surface area contributed by atoms with Gasteiger partial charge in [-0.25, -0.2) is 9.18 Å². The average molecular weight is 419 g/mol. The van der Waals surface area contributed by atoms with E-state index in [1.54, 1.807) is 25.1 Å². The Labute approximate surface area is 180 Å². The van der Waals surface area contributed by atoms with Crippen molar-refractivity contribution >= 4 is 12.1 Å². The first kappa shape index (κ1) is 20.6. The molecule has 0 aliphatic carbocycles. The van der Waals surface area contributed by atoms with Gasteiger partial charge < -0.3 is 9.47 Å². The van der Waals surface area contributed by atoms with Gasteiger partial charge in [-0.15, -0.1) is 0 Å². The van der Waals surface area contributed by atoms with E-state index in [2.05, 4.69) is 0 Å². The molecular formula is C25H22FNO4. The van der Waals surface area contributed by atoms with Gasteiger partial charge in [0.2, 0.25) is 0 Å². The maximum atomic E-state index is 15.1. The van der Waals surface area contributed by atoms with Crippen LogP contribution in [0.4, 0.5) is 9.18 Å². The quantitative estimate of drug-likeness (QED) is 0.537. The first-order valence-corrected chi connectivity index (χ1v) is 10.1. The van der Waals surface area contributed by atoms with Gasteiger partial charge in [0.15, 0.2) is 5.60 Å². The lowest BCUT2D eigenvalue weighted by Gasteiger charge is -2.36. The molecule has 1 aliphatic rings. The van der Waals surface area contributed by atoms with Crippen molar-refractivity contribution in [3.63, 3.8) is 0 Å². The van der Waals surface area contributed by atoms with E-state index in [1.807, 2.05) is 60.7 Å². The molecule has 1 saturated heterocycles. The highest BCUT2D eigenvalue weighted by atomic mass is 19.1. The van der Waals surface area contributed by atoms with Gasteiger partial charge in [-0.3, -0.25) is 9.69 Å². The summed E-state index contributed by atoms with van der Waals surface area (Å²) < 4.78 is 26.2. The molecule has 1 heterocycles. The van der Waals surface area contributed by atoms with Gasteiger partial charge in [-0.2, -0.15) is 0 Å². The molecule has 1 atom stereocenters. The number of halogens is 1. The van der Waals surface area contributed by atoms with Gasteiger partial charge in [-0.05, 0) is 13.0 Å². The second-order valence-corrected chi connectivity index (χ2v) is 7.19. The third-order valence-electron chi connectivity index (χ3n) is 5.39. The average Bonchev–Trinajstić information content (AvgIpc) is 3.08. The van der Waals surface area contributed by atoms with Crippen LogP contribution in [0.5, 0.6) is 0 Å². The van der Waals surface area contributed by atoms with E-state index < -0.39 is 29.5 Å². The van der Waals surface area contributed by atoms with Crippen LogP contribution in [0.3, 0.4) is 0 Å². The first-order valence-electron chi connectivity index (χ1n) is 10.1. The number of benzene rings is 3. The lowest BCUT2D eigenvalue weighted by Crippen LogP contribution is -2.40. The Morgan fingerprint density at radius 1 is 0.968 bits per heavy atom. The minimum atomic E-state index is -1.35. The van der Waals surface area contributed by atoms with Crippen molar-refractivity contribution in [2.75, 3.05) is 13.2 Å². The van der Waals surface area contributed by atoms with Crippen LogP contribution in [-0.4, -0.2) is 30.1 Å². The summed E-state index contributed by atoms with van der Waals surface area (Å²) in [5.74, 6) is -1.08. The SMILES string of the molecule is CCOC(=O)CN1C(=O)OC(c2ccccc2)(c2ccccc2)C1c1ccccc1F. The number of ether oxygens (including phenoxy) is 2. The fraction of sp³-hybridized carbons (Fsp3) is 0.200. The van der Waals surface area contributed by atoms with E-state index in [4.69, 9.17) is 9.47 Å². The summed E-state index contributed by atoms with van der Waals surface area (Å²) in [6, 6.07) is 23.7. The number of carbonyl (C=O) groups is 2. The number of cyclic esters (lactones) is 1. The summed E-state index contributed by atoms with van der Waals surface area (Å²) in [6.45, 7) is 1.51. The summed E-state index contributed by atoms with van der Waals surface area (Å²) >= 11 is 0. The van der Waals surface area contributed by atoms with Crippen LogP contribution in [0.25, 0.3) is 0 Å². The van der Waals surface area contributed by atoms with Crippen molar-refractivity contribution in [2.45, 2.75) is 18.6 Å². The molecule has 1 fully saturated rings. The molecule has 1 aliphatic heterocycles. The Bertz CT molecular complexity index is 1030. The highest BCUT2D eigenvalue weighted by molar-refractivity contribution is 5.81. The van der Waals surface area contributed by atoms with Crippen LogP contribution in [-0.2, 0) is 19.9 Å². The van der Waals surface area contributed by atoms with Crippen molar-refractivity contribution in [1.29, 1.82) is 0 Å². The number of amides is 1. The lowest BCUT2D eigenvalue weighted by molar-refractivity contribution is -0.144. The molecule has 0 N–H and O–H groups in total. The summed E-state index contributed by atoms with van der Waals surface area (Å²) in [5.41, 5.74) is 0.252. The monoisotopic (exact) mass is 419 g/mol. The van der Waals surface area contributed by atoms with Crippen LogP contribution in [0.2, 0.25) is 0 Å². The van der Waals surface area contributed by atoms with E-state index >= 15 is 4.39 Å². The molecule has 0 radical (unpaired) electrons. The Hall–Kier alpha value is -3.67. The zero-order chi connectivity index (χ0) is 21.8. The van der Waals surface area contributed by atoms with Gasteiger partial charge in [0.25, 0.3) is 0 Å². The lowest BCUT2D eigenvalue weighted by atomic mass is 9.77. The van der Waals surface area contributed by atoms with E-state index in [0.717, 1.165) is 0 Å². The summed E-state index contributed by atoms with van der Waals surface area (Å²) in [5, 5.41) is 0. The topological polar surface area (TPSA) is 55.8 Å². The van der Waals surface area contributed by atoms with E-state index in [-0.39, 0.29) is 18.7 Å². The maximum absolute atomic E-state index is 15.1. The van der Waals surface area contributed by atoms with Crippen LogP contribution < -0.4 is 0 Å². The maximum Gasteiger partial charge on any atom is 0.412 e. The highest BCUT2D eigenvalue weighted by Crippen LogP contribution is 2.52. The Morgan fingerprint density at radius 2 is 1.52 bits per heavy atom. The molecule has 3 aromatic rings. The van der Waals surface area contributed by atoms with Crippen LogP contribution >= 0.6 is 0 Å². The predicted octanol–water partition coefficient (Wildman–Crippen LogP) is 4.83. The van der Waals surface area contributed by atoms with E-state index in [1.165, 1.54) is 11.0 Å². The zero-order valence-electron chi connectivity index (χ0n) is 17.0. The van der Waals surface area contributed by atoms with Gasteiger partial charge in [-0.1, -0.05) is 78.9 Å². The molecule has 0 spiro atoms. The first-order chi connectivity index (χ1) is 15.1. The molecule has 0 aromatic heterocycles. The Kier molecular flexibility index (Phi) is 5.71. The Morgan fingerprint density at radius 3 is 2.06 bits per heavy atom. The van der Waals surface area contributed by atoms with Gasteiger partial charge in [0.1, 0.15) is 18.4 Å². The predicted molar refractivity (Wildman–Crippen MR) is 113 cm³/mol.